The highest BCUT2D eigenvalue weighted by Gasteiger charge is 2.38. The second kappa shape index (κ2) is 6.94. The number of carbonyl (C=O) groups is 1. The fraction of sp³-hybridized carbons (Fsp3) is 0.190. The van der Waals surface area contributed by atoms with Gasteiger partial charge >= 0.3 is 0 Å². The standard InChI is InChI=1S/C21H19N3OS2/c1-12-4-6-16(7-5-12)24-13(2)10-15(14(24)3)11-17-19(25)18(20(22)27-17)21-23-8-9-26-21/h4-11,18,22H,1-3H3. The van der Waals surface area contributed by atoms with E-state index in [-0.39, 0.29) is 5.78 Å². The quantitative estimate of drug-likeness (QED) is 0.616. The van der Waals surface area contributed by atoms with Crippen LogP contribution in [0.5, 0.6) is 0 Å². The van der Waals surface area contributed by atoms with Crippen molar-refractivity contribution in [2.24, 2.45) is 0 Å². The van der Waals surface area contributed by atoms with Gasteiger partial charge in [-0.1, -0.05) is 29.5 Å². The highest BCUT2D eigenvalue weighted by Crippen LogP contribution is 2.41. The molecule has 3 heterocycles. The van der Waals surface area contributed by atoms with Crippen LogP contribution in [0.15, 0.2) is 46.8 Å². The van der Waals surface area contributed by atoms with Crippen molar-refractivity contribution >= 4 is 40.0 Å². The summed E-state index contributed by atoms with van der Waals surface area (Å²) in [5.74, 6) is -0.568. The molecule has 0 saturated carbocycles. The molecule has 27 heavy (non-hydrogen) atoms. The number of thiazole rings is 1. The van der Waals surface area contributed by atoms with Crippen molar-refractivity contribution in [3.05, 3.63) is 74.3 Å². The molecule has 1 unspecified atom stereocenters. The number of hydrogen-bond donors (Lipinski definition) is 1. The summed E-state index contributed by atoms with van der Waals surface area (Å²) in [6.07, 6.45) is 3.60. The molecule has 4 rings (SSSR count). The molecular weight excluding hydrogens is 374 g/mol. The van der Waals surface area contributed by atoms with Gasteiger partial charge in [0.25, 0.3) is 0 Å². The Bertz CT molecular complexity index is 1060. The van der Waals surface area contributed by atoms with Crippen LogP contribution in [0.1, 0.15) is 33.4 Å². The van der Waals surface area contributed by atoms with Gasteiger partial charge in [0.1, 0.15) is 10.9 Å². The summed E-state index contributed by atoms with van der Waals surface area (Å²) in [4.78, 5) is 17.7. The smallest absolute Gasteiger partial charge is 0.186 e. The number of benzene rings is 1. The van der Waals surface area contributed by atoms with Gasteiger partial charge in [-0.3, -0.25) is 10.2 Å². The van der Waals surface area contributed by atoms with E-state index >= 15 is 0 Å². The number of aromatic nitrogens is 2. The Morgan fingerprint density at radius 1 is 1.19 bits per heavy atom. The van der Waals surface area contributed by atoms with Crippen LogP contribution in [-0.4, -0.2) is 20.4 Å². The molecule has 1 N–H and O–H groups in total. The molecule has 0 spiro atoms. The van der Waals surface area contributed by atoms with Crippen LogP contribution in [-0.2, 0) is 4.79 Å². The first-order valence-electron chi connectivity index (χ1n) is 8.63. The SMILES string of the molecule is Cc1ccc(-n2c(C)cc(C=C3SC(=N)C(c4nccs4)C3=O)c2C)cc1. The lowest BCUT2D eigenvalue weighted by Gasteiger charge is -2.10. The van der Waals surface area contributed by atoms with Gasteiger partial charge in [0.2, 0.25) is 0 Å². The first kappa shape index (κ1) is 17.9. The number of nitrogens with one attached hydrogen (secondary N) is 1. The summed E-state index contributed by atoms with van der Waals surface area (Å²) in [5, 5.41) is 11.1. The number of aryl methyl sites for hydroxylation is 2. The molecular formula is C21H19N3OS2. The van der Waals surface area contributed by atoms with Gasteiger partial charge in [-0.25, -0.2) is 4.98 Å². The van der Waals surface area contributed by atoms with E-state index in [1.165, 1.54) is 28.7 Å². The van der Waals surface area contributed by atoms with E-state index in [4.69, 9.17) is 5.41 Å². The molecule has 136 valence electrons. The molecule has 6 heteroatoms. The first-order chi connectivity index (χ1) is 13.0. The van der Waals surface area contributed by atoms with Gasteiger partial charge < -0.3 is 4.57 Å². The third-order valence-corrected chi connectivity index (χ3v) is 6.57. The van der Waals surface area contributed by atoms with Gasteiger partial charge in [0, 0.05) is 28.7 Å². The number of carbonyl (C=O) groups excluding carboxylic acids is 1. The van der Waals surface area contributed by atoms with Crippen molar-refractivity contribution < 1.29 is 4.79 Å². The summed E-state index contributed by atoms with van der Waals surface area (Å²) >= 11 is 2.68. The first-order valence-corrected chi connectivity index (χ1v) is 10.3. The highest BCUT2D eigenvalue weighted by molar-refractivity contribution is 8.19. The molecule has 3 aromatic rings. The molecule has 0 amide bonds. The van der Waals surface area contributed by atoms with Gasteiger partial charge in [0.15, 0.2) is 5.78 Å². The molecule has 1 saturated heterocycles. The van der Waals surface area contributed by atoms with Gasteiger partial charge in [-0.2, -0.15) is 0 Å². The Hall–Kier alpha value is -2.44. The molecule has 1 fully saturated rings. The van der Waals surface area contributed by atoms with E-state index in [1.54, 1.807) is 6.20 Å². The van der Waals surface area contributed by atoms with Crippen LogP contribution >= 0.6 is 23.1 Å². The van der Waals surface area contributed by atoms with Crippen LogP contribution in [0, 0.1) is 26.2 Å². The summed E-state index contributed by atoms with van der Waals surface area (Å²) < 4.78 is 2.19. The maximum atomic E-state index is 12.9. The minimum Gasteiger partial charge on any atom is -0.318 e. The zero-order valence-corrected chi connectivity index (χ0v) is 16.9. The zero-order valence-electron chi connectivity index (χ0n) is 15.3. The van der Waals surface area contributed by atoms with Gasteiger partial charge in [-0.05, 0) is 50.6 Å². The minimum absolute atomic E-state index is 0.0277. The molecule has 4 nitrogen and oxygen atoms in total. The van der Waals surface area contributed by atoms with Crippen LogP contribution in [0.2, 0.25) is 0 Å². The number of Topliss-reactive ketones (excluding diaryl/α,β-unsaturated/α-hetero) is 1. The van der Waals surface area contributed by atoms with Crippen molar-refractivity contribution in [1.82, 2.24) is 9.55 Å². The molecule has 0 bridgehead atoms. The average Bonchev–Trinajstić information content (AvgIpc) is 3.31. The maximum Gasteiger partial charge on any atom is 0.186 e. The van der Waals surface area contributed by atoms with E-state index in [1.807, 2.05) is 11.5 Å². The van der Waals surface area contributed by atoms with E-state index in [0.29, 0.717) is 15.0 Å². The predicted octanol–water partition coefficient (Wildman–Crippen LogP) is 5.28. The Labute approximate surface area is 166 Å². The highest BCUT2D eigenvalue weighted by atomic mass is 32.2. The molecule has 0 aliphatic carbocycles. The zero-order chi connectivity index (χ0) is 19.1. The molecule has 1 aliphatic rings. The number of allylic oxidation sites excluding steroid dienone is 1. The Balaban J connectivity index is 1.71. The fourth-order valence-corrected chi connectivity index (χ4v) is 5.15. The summed E-state index contributed by atoms with van der Waals surface area (Å²) in [6.45, 7) is 6.21. The van der Waals surface area contributed by atoms with Gasteiger partial charge in [0.05, 0.1) is 9.95 Å². The molecule has 1 aromatic carbocycles. The van der Waals surface area contributed by atoms with Crippen LogP contribution in [0.25, 0.3) is 11.8 Å². The average molecular weight is 394 g/mol. The van der Waals surface area contributed by atoms with E-state index in [0.717, 1.165) is 22.6 Å². The van der Waals surface area contributed by atoms with Crippen molar-refractivity contribution in [1.29, 1.82) is 5.41 Å². The molecule has 2 aromatic heterocycles. The summed E-state index contributed by atoms with van der Waals surface area (Å²) in [7, 11) is 0. The van der Waals surface area contributed by atoms with Crippen molar-refractivity contribution in [3.8, 4) is 5.69 Å². The van der Waals surface area contributed by atoms with Crippen LogP contribution in [0.4, 0.5) is 0 Å². The Morgan fingerprint density at radius 2 is 1.93 bits per heavy atom. The predicted molar refractivity (Wildman–Crippen MR) is 113 cm³/mol. The Morgan fingerprint density at radius 3 is 2.59 bits per heavy atom. The second-order valence-electron chi connectivity index (χ2n) is 6.64. The number of rotatable bonds is 3. The molecule has 1 aliphatic heterocycles. The molecule has 1 atom stereocenters. The third kappa shape index (κ3) is 3.19. The topological polar surface area (TPSA) is 58.7 Å². The molecule has 0 radical (unpaired) electrons. The number of ketones is 1. The third-order valence-electron chi connectivity index (χ3n) is 4.73. The Kier molecular flexibility index (Phi) is 4.61. The number of nitrogens with zero attached hydrogens (tertiary/aromatic N) is 2. The van der Waals surface area contributed by atoms with E-state index in [2.05, 4.69) is 60.7 Å². The van der Waals surface area contributed by atoms with Crippen molar-refractivity contribution in [2.75, 3.05) is 0 Å². The van der Waals surface area contributed by atoms with Crippen LogP contribution < -0.4 is 0 Å². The fourth-order valence-electron chi connectivity index (χ4n) is 3.36. The minimum atomic E-state index is -0.540. The largest absolute Gasteiger partial charge is 0.318 e. The summed E-state index contributed by atoms with van der Waals surface area (Å²) in [6, 6.07) is 10.5. The number of thioether (sulfide) groups is 1. The lowest BCUT2D eigenvalue weighted by atomic mass is 10.1. The van der Waals surface area contributed by atoms with Crippen LogP contribution in [0.3, 0.4) is 0 Å². The van der Waals surface area contributed by atoms with Crippen molar-refractivity contribution in [3.63, 3.8) is 0 Å². The van der Waals surface area contributed by atoms with E-state index < -0.39 is 5.92 Å². The second-order valence-corrected chi connectivity index (χ2v) is 8.65. The summed E-state index contributed by atoms with van der Waals surface area (Å²) in [5.41, 5.74) is 5.55. The van der Waals surface area contributed by atoms with Crippen molar-refractivity contribution in [2.45, 2.75) is 26.7 Å². The lowest BCUT2D eigenvalue weighted by molar-refractivity contribution is -0.114. The van der Waals surface area contributed by atoms with E-state index in [9.17, 15) is 4.79 Å². The lowest BCUT2D eigenvalue weighted by Crippen LogP contribution is -2.11. The normalized spacial score (nSPS) is 18.6. The monoisotopic (exact) mass is 393 g/mol. The number of hydrogen-bond acceptors (Lipinski definition) is 5. The maximum absolute atomic E-state index is 12.9. The van der Waals surface area contributed by atoms with Gasteiger partial charge in [-0.15, -0.1) is 11.3 Å².